The van der Waals surface area contributed by atoms with E-state index in [-0.39, 0.29) is 11.8 Å². The maximum atomic E-state index is 12.7. The first-order valence-electron chi connectivity index (χ1n) is 5.69. The summed E-state index contributed by atoms with van der Waals surface area (Å²) < 4.78 is 43.3. The van der Waals surface area contributed by atoms with Crippen molar-refractivity contribution in [3.8, 4) is 5.75 Å². The molecule has 0 amide bonds. The van der Waals surface area contributed by atoms with E-state index in [0.29, 0.717) is 0 Å². The van der Waals surface area contributed by atoms with Gasteiger partial charge >= 0.3 is 10.3 Å². The quantitative estimate of drug-likeness (QED) is 0.854. The summed E-state index contributed by atoms with van der Waals surface area (Å²) in [7, 11) is -3.87. The number of allylic oxidation sites excluding steroid dienone is 1. The largest absolute Gasteiger partial charge is 0.383 e. The van der Waals surface area contributed by atoms with Crippen molar-refractivity contribution in [2.75, 3.05) is 0 Å². The lowest BCUT2D eigenvalue weighted by atomic mass is 10.0. The van der Waals surface area contributed by atoms with E-state index in [2.05, 4.69) is 4.72 Å². The Balaban J connectivity index is 2.00. The SMILES string of the molecule is O=S(=O)(NC1C=CCCC1)Oc1ccc(F)cc1. The molecule has 0 aromatic heterocycles. The van der Waals surface area contributed by atoms with Crippen molar-refractivity contribution in [1.82, 2.24) is 4.72 Å². The number of hydrogen-bond acceptors (Lipinski definition) is 3. The molecule has 18 heavy (non-hydrogen) atoms. The van der Waals surface area contributed by atoms with Crippen LogP contribution in [-0.4, -0.2) is 14.5 Å². The van der Waals surface area contributed by atoms with Crippen molar-refractivity contribution >= 4 is 10.3 Å². The number of hydrogen-bond donors (Lipinski definition) is 1. The van der Waals surface area contributed by atoms with Gasteiger partial charge in [0.2, 0.25) is 0 Å². The molecule has 0 saturated heterocycles. The molecule has 0 bridgehead atoms. The van der Waals surface area contributed by atoms with Crippen molar-refractivity contribution in [2.24, 2.45) is 0 Å². The molecule has 6 heteroatoms. The van der Waals surface area contributed by atoms with Gasteiger partial charge in [-0.1, -0.05) is 12.2 Å². The van der Waals surface area contributed by atoms with Crippen molar-refractivity contribution in [3.05, 3.63) is 42.2 Å². The van der Waals surface area contributed by atoms with Gasteiger partial charge in [-0.25, -0.2) is 4.39 Å². The highest BCUT2D eigenvalue weighted by Gasteiger charge is 2.18. The summed E-state index contributed by atoms with van der Waals surface area (Å²) >= 11 is 0. The van der Waals surface area contributed by atoms with E-state index in [4.69, 9.17) is 4.18 Å². The van der Waals surface area contributed by atoms with Crippen LogP contribution in [0.4, 0.5) is 4.39 Å². The van der Waals surface area contributed by atoms with E-state index in [1.54, 1.807) is 0 Å². The minimum absolute atomic E-state index is 0.0867. The van der Waals surface area contributed by atoms with Gasteiger partial charge in [-0.3, -0.25) is 0 Å². The van der Waals surface area contributed by atoms with Crippen LogP contribution in [0.3, 0.4) is 0 Å². The standard InChI is InChI=1S/C12H14FNO3S/c13-10-6-8-12(9-7-10)17-18(15,16)14-11-4-2-1-3-5-11/h2,4,6-9,11,14H,1,3,5H2. The molecule has 1 N–H and O–H groups in total. The summed E-state index contributed by atoms with van der Waals surface area (Å²) in [5, 5.41) is 0. The molecule has 0 radical (unpaired) electrons. The minimum Gasteiger partial charge on any atom is -0.371 e. The monoisotopic (exact) mass is 271 g/mol. The van der Waals surface area contributed by atoms with Gasteiger partial charge in [-0.2, -0.15) is 13.1 Å². The summed E-state index contributed by atoms with van der Waals surface area (Å²) in [6.07, 6.45) is 6.42. The first-order chi connectivity index (χ1) is 8.55. The minimum atomic E-state index is -3.87. The molecule has 0 aliphatic heterocycles. The van der Waals surface area contributed by atoms with E-state index < -0.39 is 16.1 Å². The smallest absolute Gasteiger partial charge is 0.371 e. The first kappa shape index (κ1) is 13.0. The van der Waals surface area contributed by atoms with Crippen LogP contribution in [0.5, 0.6) is 5.75 Å². The molecule has 2 rings (SSSR count). The zero-order valence-electron chi connectivity index (χ0n) is 9.67. The maximum absolute atomic E-state index is 12.7. The zero-order valence-corrected chi connectivity index (χ0v) is 10.5. The molecule has 1 aliphatic rings. The second kappa shape index (κ2) is 5.49. The van der Waals surface area contributed by atoms with Gasteiger partial charge in [0.1, 0.15) is 11.6 Å². The van der Waals surface area contributed by atoms with E-state index in [1.807, 2.05) is 12.2 Å². The second-order valence-corrected chi connectivity index (χ2v) is 5.39. The predicted molar refractivity (Wildman–Crippen MR) is 65.9 cm³/mol. The van der Waals surface area contributed by atoms with Crippen molar-refractivity contribution in [1.29, 1.82) is 0 Å². The molecule has 1 unspecified atom stereocenters. The van der Waals surface area contributed by atoms with Gasteiger partial charge in [0.15, 0.2) is 0 Å². The zero-order chi connectivity index (χ0) is 13.0. The van der Waals surface area contributed by atoms with Gasteiger partial charge in [0.25, 0.3) is 0 Å². The Kier molecular flexibility index (Phi) is 3.98. The lowest BCUT2D eigenvalue weighted by Crippen LogP contribution is -2.37. The van der Waals surface area contributed by atoms with Gasteiger partial charge in [-0.05, 0) is 43.5 Å². The highest BCUT2D eigenvalue weighted by Crippen LogP contribution is 2.15. The Bertz CT molecular complexity index is 525. The molecular weight excluding hydrogens is 257 g/mol. The molecule has 0 fully saturated rings. The van der Waals surface area contributed by atoms with E-state index in [1.165, 1.54) is 12.1 Å². The lowest BCUT2D eigenvalue weighted by Gasteiger charge is -2.17. The van der Waals surface area contributed by atoms with Crippen LogP contribution in [0.15, 0.2) is 36.4 Å². The Morgan fingerprint density at radius 1 is 1.28 bits per heavy atom. The molecule has 0 saturated carbocycles. The van der Waals surface area contributed by atoms with E-state index >= 15 is 0 Å². The van der Waals surface area contributed by atoms with Crippen molar-refractivity contribution in [2.45, 2.75) is 25.3 Å². The molecule has 1 aromatic carbocycles. The van der Waals surface area contributed by atoms with Crippen LogP contribution in [-0.2, 0) is 10.3 Å². The first-order valence-corrected chi connectivity index (χ1v) is 7.10. The Hall–Kier alpha value is -1.40. The van der Waals surface area contributed by atoms with Crippen molar-refractivity contribution in [3.63, 3.8) is 0 Å². The Labute approximate surface area is 106 Å². The Morgan fingerprint density at radius 2 is 2.00 bits per heavy atom. The van der Waals surface area contributed by atoms with Crippen molar-refractivity contribution < 1.29 is 17.0 Å². The predicted octanol–water partition coefficient (Wildman–Crippen LogP) is 2.15. The third-order valence-electron chi connectivity index (χ3n) is 2.57. The van der Waals surface area contributed by atoms with Crippen LogP contribution in [0.2, 0.25) is 0 Å². The Morgan fingerprint density at radius 3 is 2.61 bits per heavy atom. The average molecular weight is 271 g/mol. The van der Waals surface area contributed by atoms with E-state index in [9.17, 15) is 12.8 Å². The second-order valence-electron chi connectivity index (χ2n) is 4.07. The molecule has 0 spiro atoms. The summed E-state index contributed by atoms with van der Waals surface area (Å²) in [5.41, 5.74) is 0. The van der Waals surface area contributed by atoms with Crippen LogP contribution in [0, 0.1) is 5.82 Å². The third-order valence-corrected chi connectivity index (χ3v) is 3.57. The fraction of sp³-hybridized carbons (Fsp3) is 0.333. The van der Waals surface area contributed by atoms with Crippen LogP contribution in [0.1, 0.15) is 19.3 Å². The van der Waals surface area contributed by atoms with Gasteiger partial charge < -0.3 is 4.18 Å². The topological polar surface area (TPSA) is 55.4 Å². The fourth-order valence-electron chi connectivity index (χ4n) is 1.74. The van der Waals surface area contributed by atoms with Crippen LogP contribution >= 0.6 is 0 Å². The normalized spacial score (nSPS) is 19.7. The van der Waals surface area contributed by atoms with Crippen LogP contribution in [0.25, 0.3) is 0 Å². The molecule has 4 nitrogen and oxygen atoms in total. The van der Waals surface area contributed by atoms with Gasteiger partial charge in [0, 0.05) is 6.04 Å². The number of nitrogens with one attached hydrogen (secondary N) is 1. The maximum Gasteiger partial charge on any atom is 0.383 e. The molecule has 1 aliphatic carbocycles. The third kappa shape index (κ3) is 3.82. The summed E-state index contributed by atoms with van der Waals surface area (Å²) in [5.74, 6) is -0.355. The summed E-state index contributed by atoms with van der Waals surface area (Å²) in [6, 6.07) is 4.59. The highest BCUT2D eigenvalue weighted by molar-refractivity contribution is 7.85. The summed E-state index contributed by atoms with van der Waals surface area (Å²) in [4.78, 5) is 0. The molecule has 1 atom stereocenters. The molecule has 98 valence electrons. The molecular formula is C12H14FNO3S. The number of halogens is 1. The number of rotatable bonds is 4. The average Bonchev–Trinajstić information content (AvgIpc) is 2.32. The van der Waals surface area contributed by atoms with Gasteiger partial charge in [-0.15, -0.1) is 0 Å². The van der Waals surface area contributed by atoms with Crippen LogP contribution < -0.4 is 8.91 Å². The lowest BCUT2D eigenvalue weighted by molar-refractivity contribution is 0.456. The molecule has 1 aromatic rings. The van der Waals surface area contributed by atoms with E-state index in [0.717, 1.165) is 31.4 Å². The summed E-state index contributed by atoms with van der Waals surface area (Å²) in [6.45, 7) is 0. The molecule has 0 heterocycles. The fourth-order valence-corrected chi connectivity index (χ4v) is 2.72. The number of benzene rings is 1. The highest BCUT2D eigenvalue weighted by atomic mass is 32.2. The van der Waals surface area contributed by atoms with Gasteiger partial charge in [0.05, 0.1) is 0 Å².